The van der Waals surface area contributed by atoms with E-state index in [4.69, 9.17) is 9.15 Å². The van der Waals surface area contributed by atoms with Crippen molar-refractivity contribution in [2.24, 2.45) is 4.99 Å². The first-order valence-electron chi connectivity index (χ1n) is 9.98. The minimum absolute atomic E-state index is 0. The van der Waals surface area contributed by atoms with Gasteiger partial charge in [-0.15, -0.1) is 24.0 Å². The summed E-state index contributed by atoms with van der Waals surface area (Å²) in [7, 11) is 1.76. The number of guanidine groups is 1. The molecule has 0 aliphatic carbocycles. The highest BCUT2D eigenvalue weighted by Gasteiger charge is 2.28. The SMILES string of the molecule is CN=C(NCc1coc(-c2ccccc2)n1)N1CC(C)OC(c2ccc(F)cc2)C1.I. The van der Waals surface area contributed by atoms with Gasteiger partial charge in [-0.05, 0) is 36.8 Å². The molecule has 0 bridgehead atoms. The molecule has 2 heterocycles. The zero-order valence-electron chi connectivity index (χ0n) is 17.5. The van der Waals surface area contributed by atoms with Crippen LogP contribution >= 0.6 is 24.0 Å². The van der Waals surface area contributed by atoms with Gasteiger partial charge >= 0.3 is 0 Å². The van der Waals surface area contributed by atoms with E-state index < -0.39 is 0 Å². The van der Waals surface area contributed by atoms with E-state index in [-0.39, 0.29) is 42.0 Å². The Morgan fingerprint density at radius 1 is 1.16 bits per heavy atom. The Morgan fingerprint density at radius 2 is 1.90 bits per heavy atom. The molecule has 1 aromatic heterocycles. The van der Waals surface area contributed by atoms with Crippen molar-refractivity contribution in [3.8, 4) is 11.5 Å². The number of hydrogen-bond donors (Lipinski definition) is 1. The highest BCUT2D eigenvalue weighted by molar-refractivity contribution is 14.0. The van der Waals surface area contributed by atoms with E-state index in [1.165, 1.54) is 12.1 Å². The van der Waals surface area contributed by atoms with Crippen molar-refractivity contribution < 1.29 is 13.5 Å². The first-order chi connectivity index (χ1) is 14.6. The van der Waals surface area contributed by atoms with E-state index in [2.05, 4.69) is 20.2 Å². The van der Waals surface area contributed by atoms with Crippen LogP contribution in [0.5, 0.6) is 0 Å². The van der Waals surface area contributed by atoms with Crippen LogP contribution in [0.4, 0.5) is 4.39 Å². The number of nitrogens with one attached hydrogen (secondary N) is 1. The predicted molar refractivity (Wildman–Crippen MR) is 129 cm³/mol. The number of morpholine rings is 1. The molecule has 3 aromatic rings. The minimum Gasteiger partial charge on any atom is -0.444 e. The van der Waals surface area contributed by atoms with Crippen LogP contribution < -0.4 is 5.32 Å². The standard InChI is InChI=1S/C23H25FN4O2.HI/c1-16-13-28(14-21(30-16)17-8-10-19(24)11-9-17)23(25-2)26-12-20-15-29-22(27-20)18-6-4-3-5-7-18;/h3-11,15-16,21H,12-14H2,1-2H3,(H,25,26);1H. The highest BCUT2D eigenvalue weighted by Crippen LogP contribution is 2.25. The average molecular weight is 536 g/mol. The topological polar surface area (TPSA) is 62.9 Å². The monoisotopic (exact) mass is 536 g/mol. The summed E-state index contributed by atoms with van der Waals surface area (Å²) < 4.78 is 25.0. The van der Waals surface area contributed by atoms with Gasteiger partial charge in [0.25, 0.3) is 0 Å². The molecule has 2 unspecified atom stereocenters. The Hall–Kier alpha value is -2.46. The first-order valence-corrected chi connectivity index (χ1v) is 9.98. The van der Waals surface area contributed by atoms with Crippen LogP contribution in [0.25, 0.3) is 11.5 Å². The summed E-state index contributed by atoms with van der Waals surface area (Å²) in [6.07, 6.45) is 1.53. The van der Waals surface area contributed by atoms with Gasteiger partial charge in [0.2, 0.25) is 5.89 Å². The second-order valence-electron chi connectivity index (χ2n) is 7.30. The molecule has 4 rings (SSSR count). The Bertz CT molecular complexity index is 994. The maximum atomic E-state index is 13.3. The van der Waals surface area contributed by atoms with Gasteiger partial charge in [-0.25, -0.2) is 9.37 Å². The van der Waals surface area contributed by atoms with Gasteiger partial charge < -0.3 is 19.4 Å². The number of benzene rings is 2. The number of halogens is 2. The normalized spacial score (nSPS) is 19.1. The van der Waals surface area contributed by atoms with E-state index in [0.717, 1.165) is 22.8 Å². The van der Waals surface area contributed by atoms with Crippen LogP contribution in [0.1, 0.15) is 24.3 Å². The van der Waals surface area contributed by atoms with Gasteiger partial charge in [-0.1, -0.05) is 30.3 Å². The van der Waals surface area contributed by atoms with E-state index in [1.54, 1.807) is 25.4 Å². The zero-order valence-corrected chi connectivity index (χ0v) is 19.8. The lowest BCUT2D eigenvalue weighted by atomic mass is 10.1. The highest BCUT2D eigenvalue weighted by atomic mass is 127. The molecule has 164 valence electrons. The van der Waals surface area contributed by atoms with E-state index >= 15 is 0 Å². The van der Waals surface area contributed by atoms with E-state index in [9.17, 15) is 4.39 Å². The molecule has 2 atom stereocenters. The predicted octanol–water partition coefficient (Wildman–Crippen LogP) is 4.64. The third kappa shape index (κ3) is 5.82. The van der Waals surface area contributed by atoms with Crippen molar-refractivity contribution >= 4 is 29.9 Å². The number of nitrogens with zero attached hydrogens (tertiary/aromatic N) is 3. The van der Waals surface area contributed by atoms with Crippen LogP contribution in [-0.2, 0) is 11.3 Å². The lowest BCUT2D eigenvalue weighted by Crippen LogP contribution is -2.50. The zero-order chi connectivity index (χ0) is 20.9. The van der Waals surface area contributed by atoms with Crippen LogP contribution in [0.2, 0.25) is 0 Å². The molecule has 6 nitrogen and oxygen atoms in total. The molecule has 1 fully saturated rings. The molecule has 2 aromatic carbocycles. The third-order valence-electron chi connectivity index (χ3n) is 5.01. The molecular formula is C23H26FIN4O2. The third-order valence-corrected chi connectivity index (χ3v) is 5.01. The Balaban J connectivity index is 0.00000272. The second kappa shape index (κ2) is 10.7. The molecule has 0 spiro atoms. The van der Waals surface area contributed by atoms with Crippen molar-refractivity contribution in [1.29, 1.82) is 0 Å². The van der Waals surface area contributed by atoms with Crippen molar-refractivity contribution in [1.82, 2.24) is 15.2 Å². The summed E-state index contributed by atoms with van der Waals surface area (Å²) in [5.41, 5.74) is 2.69. The van der Waals surface area contributed by atoms with Gasteiger partial charge in [-0.2, -0.15) is 0 Å². The molecule has 0 amide bonds. The van der Waals surface area contributed by atoms with Gasteiger partial charge in [0.1, 0.15) is 18.2 Å². The largest absolute Gasteiger partial charge is 0.444 e. The molecule has 0 radical (unpaired) electrons. The fourth-order valence-electron chi connectivity index (χ4n) is 3.59. The molecule has 1 saturated heterocycles. The van der Waals surface area contributed by atoms with Crippen molar-refractivity contribution in [2.45, 2.75) is 25.7 Å². The lowest BCUT2D eigenvalue weighted by molar-refractivity contribution is -0.0605. The number of rotatable bonds is 4. The van der Waals surface area contributed by atoms with Crippen LogP contribution in [-0.4, -0.2) is 42.1 Å². The summed E-state index contributed by atoms with van der Waals surface area (Å²) in [5.74, 6) is 1.11. The van der Waals surface area contributed by atoms with E-state index in [1.807, 2.05) is 37.3 Å². The van der Waals surface area contributed by atoms with Crippen LogP contribution in [0, 0.1) is 5.82 Å². The number of oxazole rings is 1. The maximum absolute atomic E-state index is 13.3. The molecule has 1 aliphatic rings. The number of aliphatic imine (C=N–C) groups is 1. The second-order valence-corrected chi connectivity index (χ2v) is 7.30. The molecule has 1 N–H and O–H groups in total. The Morgan fingerprint density at radius 3 is 2.61 bits per heavy atom. The molecule has 8 heteroatoms. The minimum atomic E-state index is -0.251. The van der Waals surface area contributed by atoms with Gasteiger partial charge in [-0.3, -0.25) is 4.99 Å². The number of ether oxygens (including phenoxy) is 1. The van der Waals surface area contributed by atoms with Crippen LogP contribution in [0.15, 0.2) is 70.3 Å². The smallest absolute Gasteiger partial charge is 0.226 e. The summed E-state index contributed by atoms with van der Waals surface area (Å²) >= 11 is 0. The lowest BCUT2D eigenvalue weighted by Gasteiger charge is -2.38. The van der Waals surface area contributed by atoms with Crippen molar-refractivity contribution in [2.75, 3.05) is 20.1 Å². The van der Waals surface area contributed by atoms with Gasteiger partial charge in [0.05, 0.1) is 24.9 Å². The summed E-state index contributed by atoms with van der Waals surface area (Å²) in [4.78, 5) is 11.1. The maximum Gasteiger partial charge on any atom is 0.226 e. The fraction of sp³-hybridized carbons (Fsp3) is 0.304. The van der Waals surface area contributed by atoms with Crippen molar-refractivity contribution in [3.63, 3.8) is 0 Å². The summed E-state index contributed by atoms with van der Waals surface area (Å²) in [6, 6.07) is 16.3. The van der Waals surface area contributed by atoms with Gasteiger partial charge in [0.15, 0.2) is 5.96 Å². The quantitative estimate of drug-likeness (QED) is 0.299. The van der Waals surface area contributed by atoms with Gasteiger partial charge in [0, 0.05) is 19.2 Å². The number of hydrogen-bond acceptors (Lipinski definition) is 4. The van der Waals surface area contributed by atoms with Crippen LogP contribution in [0.3, 0.4) is 0 Å². The Labute approximate surface area is 198 Å². The number of aromatic nitrogens is 1. The Kier molecular flexibility index (Phi) is 8.03. The average Bonchev–Trinajstić information content (AvgIpc) is 3.24. The summed E-state index contributed by atoms with van der Waals surface area (Å²) in [5, 5.41) is 3.36. The molecule has 1 aliphatic heterocycles. The van der Waals surface area contributed by atoms with Crippen molar-refractivity contribution in [3.05, 3.63) is 77.9 Å². The first kappa shape index (κ1) is 23.2. The summed E-state index contributed by atoms with van der Waals surface area (Å²) in [6.45, 7) is 3.87. The molecule has 0 saturated carbocycles. The molecule has 31 heavy (non-hydrogen) atoms. The van der Waals surface area contributed by atoms with E-state index in [0.29, 0.717) is 25.5 Å². The molecular weight excluding hydrogens is 510 g/mol. The fourth-order valence-corrected chi connectivity index (χ4v) is 3.59.